The molecule has 0 aliphatic heterocycles. The summed E-state index contributed by atoms with van der Waals surface area (Å²) in [6, 6.07) is 1.10. The number of alkyl halides is 9. The number of nitrogens with two attached hydrogens (primary N) is 1. The van der Waals surface area contributed by atoms with Gasteiger partial charge in [-0.25, -0.2) is 9.97 Å². The van der Waals surface area contributed by atoms with Crippen molar-refractivity contribution in [2.75, 3.05) is 5.73 Å². The van der Waals surface area contributed by atoms with Crippen molar-refractivity contribution in [2.24, 2.45) is 0 Å². The van der Waals surface area contributed by atoms with Crippen LogP contribution in [0.25, 0.3) is 16.9 Å². The molecule has 0 amide bonds. The molecular weight excluding hydrogens is 409 g/mol. The van der Waals surface area contributed by atoms with Gasteiger partial charge in [0, 0.05) is 6.20 Å². The molecule has 5 nitrogen and oxygen atoms in total. The first-order valence-electron chi connectivity index (χ1n) is 7.07. The predicted octanol–water partition coefficient (Wildman–Crippen LogP) is 4.45. The van der Waals surface area contributed by atoms with Crippen LogP contribution in [-0.2, 0) is 18.5 Å². The summed E-state index contributed by atoms with van der Waals surface area (Å²) in [4.78, 5) is 6.44. The van der Waals surface area contributed by atoms with Crippen LogP contribution in [0.15, 0.2) is 24.4 Å². The highest BCUT2D eigenvalue weighted by atomic mass is 19.4. The van der Waals surface area contributed by atoms with Crippen LogP contribution in [0, 0.1) is 0 Å². The van der Waals surface area contributed by atoms with E-state index in [0.717, 1.165) is 6.07 Å². The average Bonchev–Trinajstić information content (AvgIpc) is 2.89. The van der Waals surface area contributed by atoms with Gasteiger partial charge in [0.15, 0.2) is 11.5 Å². The van der Waals surface area contributed by atoms with Gasteiger partial charge in [-0.15, -0.1) is 5.10 Å². The number of nitrogen functional groups attached to an aromatic ring is 1. The lowest BCUT2D eigenvalue weighted by molar-refractivity contribution is -0.144. The summed E-state index contributed by atoms with van der Waals surface area (Å²) >= 11 is 0. The third-order valence-electron chi connectivity index (χ3n) is 3.57. The summed E-state index contributed by atoms with van der Waals surface area (Å²) in [5.74, 6) is -1.22. The molecule has 150 valence electrons. The van der Waals surface area contributed by atoms with E-state index in [-0.39, 0.29) is 6.07 Å². The van der Waals surface area contributed by atoms with E-state index < -0.39 is 58.0 Å². The van der Waals surface area contributed by atoms with Crippen LogP contribution in [0.5, 0.6) is 0 Å². The van der Waals surface area contributed by atoms with Crippen LogP contribution in [0.3, 0.4) is 0 Å². The molecule has 0 aliphatic carbocycles. The van der Waals surface area contributed by atoms with Gasteiger partial charge in [-0.2, -0.15) is 44.2 Å². The van der Waals surface area contributed by atoms with E-state index in [1.807, 2.05) is 0 Å². The van der Waals surface area contributed by atoms with E-state index >= 15 is 0 Å². The number of nitrogens with zero attached hydrogens (tertiary/aromatic N) is 4. The highest BCUT2D eigenvalue weighted by Crippen LogP contribution is 2.40. The highest BCUT2D eigenvalue weighted by molar-refractivity contribution is 5.91. The minimum Gasteiger partial charge on any atom is -0.383 e. The van der Waals surface area contributed by atoms with Crippen molar-refractivity contribution >= 4 is 16.9 Å². The van der Waals surface area contributed by atoms with Gasteiger partial charge >= 0.3 is 18.5 Å². The molecule has 3 heterocycles. The van der Waals surface area contributed by atoms with E-state index in [4.69, 9.17) is 5.73 Å². The standard InChI is InChI=1S/C14H6F9N5/c15-12(16,17)5-1-2-8(25-4-5)28-10(24)9-6(13(18,19)20)3-7(14(21,22)23)26-11(9)27-28/h1-4H,24H2. The van der Waals surface area contributed by atoms with Gasteiger partial charge in [0.05, 0.1) is 16.5 Å². The maximum absolute atomic E-state index is 13.2. The third kappa shape index (κ3) is 3.41. The molecule has 0 spiro atoms. The van der Waals surface area contributed by atoms with Gasteiger partial charge in [-0.1, -0.05) is 0 Å². The second-order valence-corrected chi connectivity index (χ2v) is 5.45. The first-order chi connectivity index (χ1) is 12.7. The van der Waals surface area contributed by atoms with Crippen molar-refractivity contribution in [1.29, 1.82) is 0 Å². The van der Waals surface area contributed by atoms with E-state index in [2.05, 4.69) is 15.1 Å². The minimum absolute atomic E-state index is 0.217. The first kappa shape index (κ1) is 19.7. The zero-order chi connectivity index (χ0) is 21.1. The Kier molecular flexibility index (Phi) is 4.20. The number of aromatic nitrogens is 4. The van der Waals surface area contributed by atoms with Gasteiger partial charge in [0.25, 0.3) is 0 Å². The molecule has 28 heavy (non-hydrogen) atoms. The Bertz CT molecular complexity index is 1030. The molecule has 0 saturated carbocycles. The van der Waals surface area contributed by atoms with Gasteiger partial charge in [0.2, 0.25) is 0 Å². The maximum atomic E-state index is 13.2. The number of halogens is 9. The molecule has 3 aromatic heterocycles. The molecule has 3 aromatic rings. The molecule has 0 aromatic carbocycles. The monoisotopic (exact) mass is 415 g/mol. The summed E-state index contributed by atoms with van der Waals surface area (Å²) in [5, 5.41) is 2.53. The van der Waals surface area contributed by atoms with E-state index in [0.29, 0.717) is 16.9 Å². The van der Waals surface area contributed by atoms with Crippen LogP contribution in [-0.4, -0.2) is 19.7 Å². The Hall–Kier alpha value is -3.06. The predicted molar refractivity (Wildman–Crippen MR) is 76.1 cm³/mol. The molecule has 3 rings (SSSR count). The number of rotatable bonds is 1. The fourth-order valence-corrected chi connectivity index (χ4v) is 2.33. The number of anilines is 1. The fraction of sp³-hybridized carbons (Fsp3) is 0.214. The van der Waals surface area contributed by atoms with Crippen LogP contribution in [0.2, 0.25) is 0 Å². The Morgan fingerprint density at radius 1 is 0.857 bits per heavy atom. The van der Waals surface area contributed by atoms with Gasteiger partial charge < -0.3 is 5.73 Å². The van der Waals surface area contributed by atoms with E-state index in [1.54, 1.807) is 0 Å². The summed E-state index contributed by atoms with van der Waals surface area (Å²) in [6.45, 7) is 0. The van der Waals surface area contributed by atoms with Gasteiger partial charge in [0.1, 0.15) is 11.5 Å². The van der Waals surface area contributed by atoms with Crippen molar-refractivity contribution in [2.45, 2.75) is 18.5 Å². The third-order valence-corrected chi connectivity index (χ3v) is 3.57. The smallest absolute Gasteiger partial charge is 0.383 e. The number of fused-ring (bicyclic) bond motifs is 1. The molecule has 0 bridgehead atoms. The molecule has 14 heteroatoms. The molecule has 2 N–H and O–H groups in total. The van der Waals surface area contributed by atoms with Crippen molar-refractivity contribution in [3.63, 3.8) is 0 Å². The van der Waals surface area contributed by atoms with Crippen LogP contribution >= 0.6 is 0 Å². The Balaban J connectivity index is 2.25. The quantitative estimate of drug-likeness (QED) is 0.597. The lowest BCUT2D eigenvalue weighted by atomic mass is 10.1. The molecule has 0 radical (unpaired) electrons. The van der Waals surface area contributed by atoms with Crippen LogP contribution in [0.4, 0.5) is 45.3 Å². The lowest BCUT2D eigenvalue weighted by Crippen LogP contribution is -2.13. The SMILES string of the molecule is Nc1c2c(C(F)(F)F)cc(C(F)(F)F)nc2nn1-c1ccc(C(F)(F)F)cn1. The summed E-state index contributed by atoms with van der Waals surface area (Å²) in [7, 11) is 0. The minimum atomic E-state index is -5.23. The first-order valence-corrected chi connectivity index (χ1v) is 7.07. The summed E-state index contributed by atoms with van der Waals surface area (Å²) in [5.41, 5.74) is -0.155. The molecule has 0 saturated heterocycles. The van der Waals surface area contributed by atoms with Crippen molar-refractivity contribution < 1.29 is 39.5 Å². The highest BCUT2D eigenvalue weighted by Gasteiger charge is 2.41. The fourth-order valence-electron chi connectivity index (χ4n) is 2.33. The Labute approximate surface area is 148 Å². The molecular formula is C14H6F9N5. The Morgan fingerprint density at radius 2 is 1.50 bits per heavy atom. The normalized spacial score (nSPS) is 13.3. The second kappa shape index (κ2) is 5.97. The van der Waals surface area contributed by atoms with Crippen LogP contribution in [0.1, 0.15) is 16.8 Å². The largest absolute Gasteiger partial charge is 0.433 e. The number of hydrogen-bond donors (Lipinski definition) is 1. The van der Waals surface area contributed by atoms with Gasteiger partial charge in [-0.3, -0.25) is 0 Å². The van der Waals surface area contributed by atoms with Crippen molar-refractivity contribution in [1.82, 2.24) is 19.7 Å². The molecule has 0 fully saturated rings. The van der Waals surface area contributed by atoms with Crippen LogP contribution < -0.4 is 5.73 Å². The van der Waals surface area contributed by atoms with Gasteiger partial charge in [-0.05, 0) is 18.2 Å². The maximum Gasteiger partial charge on any atom is 0.433 e. The topological polar surface area (TPSA) is 69.6 Å². The Morgan fingerprint density at radius 3 is 1.96 bits per heavy atom. The zero-order valence-corrected chi connectivity index (χ0v) is 13.1. The molecule has 0 unspecified atom stereocenters. The summed E-state index contributed by atoms with van der Waals surface area (Å²) in [6.07, 6.45) is -14.8. The number of hydrogen-bond acceptors (Lipinski definition) is 4. The summed E-state index contributed by atoms with van der Waals surface area (Å²) < 4.78 is 116. The zero-order valence-electron chi connectivity index (χ0n) is 13.1. The lowest BCUT2D eigenvalue weighted by Gasteiger charge is -2.12. The average molecular weight is 415 g/mol. The van der Waals surface area contributed by atoms with E-state index in [9.17, 15) is 39.5 Å². The second-order valence-electron chi connectivity index (χ2n) is 5.45. The number of pyridine rings is 2. The molecule has 0 aliphatic rings. The van der Waals surface area contributed by atoms with Crippen molar-refractivity contribution in [3.05, 3.63) is 41.2 Å². The molecule has 0 atom stereocenters. The van der Waals surface area contributed by atoms with E-state index in [1.165, 1.54) is 0 Å². The van der Waals surface area contributed by atoms with Crippen molar-refractivity contribution in [3.8, 4) is 5.82 Å².